The molecule has 3 heterocycles. The van der Waals surface area contributed by atoms with Crippen molar-refractivity contribution in [2.24, 2.45) is 0 Å². The molecule has 4 aromatic rings. The Bertz CT molecular complexity index is 1550. The van der Waals surface area contributed by atoms with Crippen LogP contribution in [0.2, 0.25) is 0 Å². The van der Waals surface area contributed by atoms with Crippen LogP contribution < -0.4 is 0 Å². The lowest BCUT2D eigenvalue weighted by Gasteiger charge is -2.30. The first-order valence-corrected chi connectivity index (χ1v) is 14.2. The number of aliphatic hydroxyl groups is 1. The number of pyridine rings is 1. The van der Waals surface area contributed by atoms with Crippen LogP contribution >= 0.6 is 0 Å². The number of halogens is 3. The summed E-state index contributed by atoms with van der Waals surface area (Å²) in [6, 6.07) is 13.8. The zero-order chi connectivity index (χ0) is 28.2. The first-order chi connectivity index (χ1) is 19.0. The highest BCUT2D eigenvalue weighted by Crippen LogP contribution is 2.40. The van der Waals surface area contributed by atoms with Crippen LogP contribution in [-0.2, 0) is 24.6 Å². The van der Waals surface area contributed by atoms with Crippen molar-refractivity contribution in [2.75, 3.05) is 6.54 Å². The Balaban J connectivity index is 1.33. The van der Waals surface area contributed by atoms with Crippen LogP contribution in [0, 0.1) is 0 Å². The molecule has 2 aromatic heterocycles. The lowest BCUT2D eigenvalue weighted by atomic mass is 9.90. The number of hydrogen-bond donors (Lipinski definition) is 2. The van der Waals surface area contributed by atoms with Crippen molar-refractivity contribution in [1.29, 1.82) is 0 Å². The Kier molecular flexibility index (Phi) is 6.74. The van der Waals surface area contributed by atoms with Gasteiger partial charge in [0.15, 0.2) is 5.65 Å². The Morgan fingerprint density at radius 1 is 0.900 bits per heavy atom. The van der Waals surface area contributed by atoms with Crippen molar-refractivity contribution in [3.05, 3.63) is 70.9 Å². The molecule has 2 aromatic carbocycles. The van der Waals surface area contributed by atoms with E-state index >= 15 is 0 Å². The highest BCUT2D eigenvalue weighted by Gasteiger charge is 2.37. The number of rotatable bonds is 4. The molecule has 0 spiro atoms. The van der Waals surface area contributed by atoms with Gasteiger partial charge in [-0.3, -0.25) is 10.00 Å². The maximum absolute atomic E-state index is 13.9. The summed E-state index contributed by atoms with van der Waals surface area (Å²) in [6.45, 7) is 6.26. The molecular weight excluding hydrogens is 513 g/mol. The molecule has 1 aliphatic carbocycles. The summed E-state index contributed by atoms with van der Waals surface area (Å²) in [5, 5.41) is 18.2. The Morgan fingerprint density at radius 3 is 2.35 bits per heavy atom. The molecule has 1 fully saturated rings. The maximum atomic E-state index is 13.9. The molecule has 0 amide bonds. The Hall–Kier alpha value is -3.23. The number of alkyl halides is 3. The molecule has 1 saturated heterocycles. The van der Waals surface area contributed by atoms with Gasteiger partial charge in [0.1, 0.15) is 5.69 Å². The first-order valence-electron chi connectivity index (χ1n) is 14.2. The summed E-state index contributed by atoms with van der Waals surface area (Å²) < 4.78 is 41.8. The SMILES string of the molecule is C[C@@H]1CCCN1C1CCc2ccc(-c3cnc4[nH]nc(-c5ccc(C(C)(C)O)c(C(F)(F)F)c5)c4c3)cc2CC1. The largest absolute Gasteiger partial charge is 0.416 e. The van der Waals surface area contributed by atoms with E-state index in [-0.39, 0.29) is 5.56 Å². The molecule has 2 aliphatic rings. The van der Waals surface area contributed by atoms with Gasteiger partial charge in [0.05, 0.1) is 11.2 Å². The van der Waals surface area contributed by atoms with E-state index in [0.717, 1.165) is 36.5 Å². The van der Waals surface area contributed by atoms with Gasteiger partial charge >= 0.3 is 6.18 Å². The number of fused-ring (bicyclic) bond motifs is 2. The van der Waals surface area contributed by atoms with Crippen molar-refractivity contribution in [1.82, 2.24) is 20.1 Å². The second-order valence-electron chi connectivity index (χ2n) is 12.0. The molecular formula is C32H35F3N4O. The number of aromatic nitrogens is 3. The fourth-order valence-corrected chi connectivity index (χ4v) is 6.64. The normalized spacial score (nSPS) is 20.6. The summed E-state index contributed by atoms with van der Waals surface area (Å²) in [5.74, 6) is 0. The van der Waals surface area contributed by atoms with Crippen LogP contribution in [0.1, 0.15) is 68.7 Å². The third-order valence-electron chi connectivity index (χ3n) is 8.78. The van der Waals surface area contributed by atoms with Gasteiger partial charge < -0.3 is 5.11 Å². The number of hydrogen-bond acceptors (Lipinski definition) is 4. The van der Waals surface area contributed by atoms with Gasteiger partial charge in [-0.15, -0.1) is 0 Å². The lowest BCUT2D eigenvalue weighted by Crippen LogP contribution is -2.37. The summed E-state index contributed by atoms with van der Waals surface area (Å²) in [6.07, 6.45) is 4.22. The number of nitrogens with zero attached hydrogens (tertiary/aromatic N) is 3. The predicted molar refractivity (Wildman–Crippen MR) is 151 cm³/mol. The molecule has 0 saturated carbocycles. The first kappa shape index (κ1) is 27.0. The average molecular weight is 549 g/mol. The molecule has 0 radical (unpaired) electrons. The van der Waals surface area contributed by atoms with Crippen LogP contribution in [0.25, 0.3) is 33.4 Å². The quantitative estimate of drug-likeness (QED) is 0.263. The van der Waals surface area contributed by atoms with Crippen molar-refractivity contribution in [2.45, 2.75) is 83.2 Å². The number of benzene rings is 2. The second-order valence-corrected chi connectivity index (χ2v) is 12.0. The fourth-order valence-electron chi connectivity index (χ4n) is 6.64. The molecule has 2 N–H and O–H groups in total. The smallest absolute Gasteiger partial charge is 0.386 e. The van der Waals surface area contributed by atoms with Gasteiger partial charge in [0.25, 0.3) is 0 Å². The molecule has 5 nitrogen and oxygen atoms in total. The van der Waals surface area contributed by atoms with E-state index in [1.807, 2.05) is 6.07 Å². The van der Waals surface area contributed by atoms with Crippen molar-refractivity contribution in [3.8, 4) is 22.4 Å². The summed E-state index contributed by atoms with van der Waals surface area (Å²) >= 11 is 0. The molecule has 6 rings (SSSR count). The minimum absolute atomic E-state index is 0.172. The number of nitrogens with one attached hydrogen (secondary N) is 1. The third-order valence-corrected chi connectivity index (χ3v) is 8.78. The van der Waals surface area contributed by atoms with E-state index in [2.05, 4.69) is 45.2 Å². The molecule has 0 bridgehead atoms. The standard InChI is InChI=1S/C32H35F3N4O/c1-19-5-4-14-39(19)25-11-8-20-6-7-22(15-21(20)9-12-25)24-16-26-29(37-38-30(26)36-18-24)23-10-13-27(31(2,3)40)28(17-23)32(33,34)35/h6-7,10,13,15-19,25,40H,4-5,8-9,11-12,14H2,1-3H3,(H,36,37,38)/t19-,25?/m1/s1. The highest BCUT2D eigenvalue weighted by atomic mass is 19.4. The van der Waals surface area contributed by atoms with Gasteiger partial charge in [-0.05, 0) is 100 Å². The fraction of sp³-hybridized carbons (Fsp3) is 0.438. The van der Waals surface area contributed by atoms with Crippen LogP contribution in [0.5, 0.6) is 0 Å². The lowest BCUT2D eigenvalue weighted by molar-refractivity contribution is -0.140. The number of H-pyrrole nitrogens is 1. The van der Waals surface area contributed by atoms with E-state index in [4.69, 9.17) is 0 Å². The van der Waals surface area contributed by atoms with E-state index in [1.165, 1.54) is 56.8 Å². The molecule has 210 valence electrons. The van der Waals surface area contributed by atoms with Crippen LogP contribution in [0.15, 0.2) is 48.7 Å². The monoisotopic (exact) mass is 548 g/mol. The van der Waals surface area contributed by atoms with Crippen LogP contribution in [0.4, 0.5) is 13.2 Å². The van der Waals surface area contributed by atoms with E-state index in [9.17, 15) is 18.3 Å². The van der Waals surface area contributed by atoms with Gasteiger partial charge in [0, 0.05) is 34.8 Å². The van der Waals surface area contributed by atoms with Crippen molar-refractivity contribution in [3.63, 3.8) is 0 Å². The second kappa shape index (κ2) is 10.00. The van der Waals surface area contributed by atoms with E-state index in [0.29, 0.717) is 34.4 Å². The van der Waals surface area contributed by atoms with Gasteiger partial charge in [-0.1, -0.05) is 30.3 Å². The van der Waals surface area contributed by atoms with Crippen molar-refractivity contribution >= 4 is 11.0 Å². The highest BCUT2D eigenvalue weighted by molar-refractivity contribution is 5.93. The molecule has 1 unspecified atom stereocenters. The van der Waals surface area contributed by atoms with Gasteiger partial charge in [0.2, 0.25) is 0 Å². The minimum Gasteiger partial charge on any atom is -0.386 e. The van der Waals surface area contributed by atoms with Crippen LogP contribution in [-0.4, -0.2) is 43.8 Å². The molecule has 8 heteroatoms. The van der Waals surface area contributed by atoms with Gasteiger partial charge in [-0.2, -0.15) is 18.3 Å². The van der Waals surface area contributed by atoms with Crippen molar-refractivity contribution < 1.29 is 18.3 Å². The maximum Gasteiger partial charge on any atom is 0.416 e. The summed E-state index contributed by atoms with van der Waals surface area (Å²) in [4.78, 5) is 7.25. The molecule has 1 aliphatic heterocycles. The zero-order valence-corrected chi connectivity index (χ0v) is 23.1. The topological polar surface area (TPSA) is 65.0 Å². The molecule has 40 heavy (non-hydrogen) atoms. The average Bonchev–Trinajstić information content (AvgIpc) is 3.47. The molecule has 2 atom stereocenters. The Labute approximate surface area is 232 Å². The van der Waals surface area contributed by atoms with E-state index < -0.39 is 17.3 Å². The van der Waals surface area contributed by atoms with Crippen LogP contribution in [0.3, 0.4) is 0 Å². The summed E-state index contributed by atoms with van der Waals surface area (Å²) in [5.41, 5.74) is 3.26. The summed E-state index contributed by atoms with van der Waals surface area (Å²) in [7, 11) is 0. The minimum atomic E-state index is -4.62. The zero-order valence-electron chi connectivity index (χ0n) is 23.1. The van der Waals surface area contributed by atoms with E-state index in [1.54, 1.807) is 12.3 Å². The number of likely N-dealkylation sites (tertiary alicyclic amines) is 1. The Morgan fingerprint density at radius 2 is 1.65 bits per heavy atom. The number of aromatic amines is 1. The van der Waals surface area contributed by atoms with Gasteiger partial charge in [-0.25, -0.2) is 4.98 Å². The third kappa shape index (κ3) is 5.03. The number of aryl methyl sites for hydroxylation is 2. The predicted octanol–water partition coefficient (Wildman–Crippen LogP) is 7.27.